The molecule has 0 bridgehead atoms. The smallest absolute Gasteiger partial charge is 0.269 e. The standard InChI is InChI=1S/C17H14ClN3O3S/c1-23-12-7-8-14(24-2)13(9-12)19-17(22)16-15(20-21-25-16)10-3-5-11(18)6-4-10/h3-9H,1-2H3,(H,19,22). The number of aromatic nitrogens is 2. The number of nitrogens with one attached hydrogen (secondary N) is 1. The zero-order chi connectivity index (χ0) is 17.8. The predicted octanol–water partition coefficient (Wildman–Crippen LogP) is 4.13. The number of nitrogens with zero attached hydrogens (tertiary/aromatic N) is 2. The number of methoxy groups -OCH3 is 2. The first-order chi connectivity index (χ1) is 12.1. The molecule has 0 aliphatic carbocycles. The van der Waals surface area contributed by atoms with Crippen LogP contribution in [0.25, 0.3) is 11.3 Å². The third-order valence-electron chi connectivity index (χ3n) is 3.47. The molecule has 6 nitrogen and oxygen atoms in total. The van der Waals surface area contributed by atoms with Crippen molar-refractivity contribution in [1.29, 1.82) is 0 Å². The molecule has 25 heavy (non-hydrogen) atoms. The lowest BCUT2D eigenvalue weighted by atomic mass is 10.1. The fourth-order valence-electron chi connectivity index (χ4n) is 2.23. The van der Waals surface area contributed by atoms with Crippen molar-refractivity contribution >= 4 is 34.7 Å². The molecule has 3 aromatic rings. The molecule has 0 unspecified atom stereocenters. The summed E-state index contributed by atoms with van der Waals surface area (Å²) in [6, 6.07) is 12.2. The first kappa shape index (κ1) is 17.2. The van der Waals surface area contributed by atoms with Gasteiger partial charge in [0.05, 0.1) is 19.9 Å². The summed E-state index contributed by atoms with van der Waals surface area (Å²) < 4.78 is 14.4. The van der Waals surface area contributed by atoms with E-state index in [4.69, 9.17) is 21.1 Å². The Labute approximate surface area is 153 Å². The third-order valence-corrected chi connectivity index (χ3v) is 4.44. The minimum absolute atomic E-state index is 0.327. The van der Waals surface area contributed by atoms with Crippen LogP contribution < -0.4 is 14.8 Å². The van der Waals surface area contributed by atoms with Crippen LogP contribution in [0, 0.1) is 0 Å². The van der Waals surface area contributed by atoms with Gasteiger partial charge in [-0.1, -0.05) is 28.2 Å². The van der Waals surface area contributed by atoms with Crippen LogP contribution in [-0.2, 0) is 0 Å². The topological polar surface area (TPSA) is 73.3 Å². The van der Waals surface area contributed by atoms with E-state index in [0.717, 1.165) is 17.1 Å². The van der Waals surface area contributed by atoms with Gasteiger partial charge in [-0.05, 0) is 35.8 Å². The maximum Gasteiger partial charge on any atom is 0.269 e. The molecule has 0 spiro atoms. The number of hydrogen-bond acceptors (Lipinski definition) is 6. The summed E-state index contributed by atoms with van der Waals surface area (Å²) in [5.74, 6) is 0.808. The average molecular weight is 376 g/mol. The zero-order valence-corrected chi connectivity index (χ0v) is 15.0. The van der Waals surface area contributed by atoms with E-state index >= 15 is 0 Å². The first-order valence-electron chi connectivity index (χ1n) is 7.24. The number of anilines is 1. The molecular weight excluding hydrogens is 362 g/mol. The maximum absolute atomic E-state index is 12.7. The van der Waals surface area contributed by atoms with E-state index in [1.807, 2.05) is 0 Å². The Bertz CT molecular complexity index is 896. The van der Waals surface area contributed by atoms with Crippen molar-refractivity contribution in [3.63, 3.8) is 0 Å². The average Bonchev–Trinajstić information content (AvgIpc) is 3.12. The number of carbonyl (C=O) groups excluding carboxylic acids is 1. The van der Waals surface area contributed by atoms with Gasteiger partial charge in [0, 0.05) is 16.7 Å². The number of ether oxygens (including phenoxy) is 2. The summed E-state index contributed by atoms with van der Waals surface area (Å²) >= 11 is 6.93. The molecule has 1 amide bonds. The van der Waals surface area contributed by atoms with Crippen LogP contribution in [-0.4, -0.2) is 29.7 Å². The lowest BCUT2D eigenvalue weighted by Gasteiger charge is -2.11. The molecule has 0 saturated heterocycles. The van der Waals surface area contributed by atoms with Crippen molar-refractivity contribution in [3.8, 4) is 22.8 Å². The van der Waals surface area contributed by atoms with E-state index in [2.05, 4.69) is 14.9 Å². The first-order valence-corrected chi connectivity index (χ1v) is 8.39. The van der Waals surface area contributed by atoms with Crippen LogP contribution in [0.4, 0.5) is 5.69 Å². The minimum Gasteiger partial charge on any atom is -0.497 e. The summed E-state index contributed by atoms with van der Waals surface area (Å²) in [5, 5.41) is 7.49. The molecule has 0 atom stereocenters. The van der Waals surface area contributed by atoms with E-state index in [9.17, 15) is 4.79 Å². The second kappa shape index (κ2) is 7.50. The van der Waals surface area contributed by atoms with Gasteiger partial charge in [0.2, 0.25) is 0 Å². The zero-order valence-electron chi connectivity index (χ0n) is 13.4. The van der Waals surface area contributed by atoms with Crippen LogP contribution in [0.5, 0.6) is 11.5 Å². The predicted molar refractivity (Wildman–Crippen MR) is 97.9 cm³/mol. The Morgan fingerprint density at radius 3 is 2.56 bits per heavy atom. The van der Waals surface area contributed by atoms with Gasteiger partial charge >= 0.3 is 0 Å². The third kappa shape index (κ3) is 3.72. The van der Waals surface area contributed by atoms with Crippen molar-refractivity contribution in [2.45, 2.75) is 0 Å². The van der Waals surface area contributed by atoms with Gasteiger partial charge in [-0.3, -0.25) is 4.79 Å². The van der Waals surface area contributed by atoms with Gasteiger partial charge in [-0.25, -0.2) is 0 Å². The number of benzene rings is 2. The highest BCUT2D eigenvalue weighted by Gasteiger charge is 2.19. The van der Waals surface area contributed by atoms with Crippen molar-refractivity contribution in [2.75, 3.05) is 19.5 Å². The van der Waals surface area contributed by atoms with Crippen LogP contribution in [0.15, 0.2) is 42.5 Å². The van der Waals surface area contributed by atoms with Crippen molar-refractivity contribution in [2.24, 2.45) is 0 Å². The Kier molecular flexibility index (Phi) is 5.16. The fraction of sp³-hybridized carbons (Fsp3) is 0.118. The van der Waals surface area contributed by atoms with E-state index in [1.54, 1.807) is 49.6 Å². The SMILES string of the molecule is COc1ccc(OC)c(NC(=O)c2snnc2-c2ccc(Cl)cc2)c1. The Balaban J connectivity index is 1.90. The second-order valence-electron chi connectivity index (χ2n) is 4.98. The second-order valence-corrected chi connectivity index (χ2v) is 6.17. The Morgan fingerprint density at radius 1 is 1.12 bits per heavy atom. The molecule has 128 valence electrons. The number of halogens is 1. The van der Waals surface area contributed by atoms with Crippen molar-refractivity contribution < 1.29 is 14.3 Å². The van der Waals surface area contributed by atoms with Crippen molar-refractivity contribution in [3.05, 3.63) is 52.4 Å². The summed E-state index contributed by atoms with van der Waals surface area (Å²) in [4.78, 5) is 13.1. The minimum atomic E-state index is -0.327. The summed E-state index contributed by atoms with van der Waals surface area (Å²) in [6.07, 6.45) is 0. The number of rotatable bonds is 5. The van der Waals surface area contributed by atoms with Gasteiger partial charge in [0.15, 0.2) is 0 Å². The molecule has 1 N–H and O–H groups in total. The molecule has 1 aromatic heterocycles. The largest absolute Gasteiger partial charge is 0.497 e. The highest BCUT2D eigenvalue weighted by atomic mass is 35.5. The monoisotopic (exact) mass is 375 g/mol. The maximum atomic E-state index is 12.7. The molecule has 0 fully saturated rings. The summed E-state index contributed by atoms with van der Waals surface area (Å²) in [5.41, 5.74) is 1.77. The quantitative estimate of drug-likeness (QED) is 0.725. The number of amides is 1. The van der Waals surface area contributed by atoms with E-state index in [-0.39, 0.29) is 5.91 Å². The molecule has 8 heteroatoms. The van der Waals surface area contributed by atoms with E-state index in [0.29, 0.717) is 32.8 Å². The Morgan fingerprint density at radius 2 is 1.88 bits per heavy atom. The normalized spacial score (nSPS) is 10.4. The van der Waals surface area contributed by atoms with Gasteiger partial charge in [-0.2, -0.15) is 0 Å². The molecule has 2 aromatic carbocycles. The van der Waals surface area contributed by atoms with Gasteiger partial charge in [0.25, 0.3) is 5.91 Å². The molecule has 3 rings (SSSR count). The molecule has 0 radical (unpaired) electrons. The van der Waals surface area contributed by atoms with Crippen molar-refractivity contribution in [1.82, 2.24) is 9.59 Å². The van der Waals surface area contributed by atoms with Gasteiger partial charge in [0.1, 0.15) is 22.1 Å². The van der Waals surface area contributed by atoms with Crippen LogP contribution in [0.2, 0.25) is 5.02 Å². The Hall–Kier alpha value is -2.64. The lowest BCUT2D eigenvalue weighted by Crippen LogP contribution is -2.12. The number of carbonyl (C=O) groups is 1. The summed E-state index contributed by atoms with van der Waals surface area (Å²) in [6.45, 7) is 0. The lowest BCUT2D eigenvalue weighted by molar-refractivity contribution is 0.103. The number of hydrogen-bond donors (Lipinski definition) is 1. The fourth-order valence-corrected chi connectivity index (χ4v) is 2.94. The molecule has 0 aliphatic heterocycles. The highest BCUT2D eigenvalue weighted by molar-refractivity contribution is 7.08. The van der Waals surface area contributed by atoms with E-state index < -0.39 is 0 Å². The van der Waals surface area contributed by atoms with E-state index in [1.165, 1.54) is 7.11 Å². The highest BCUT2D eigenvalue weighted by Crippen LogP contribution is 2.31. The van der Waals surface area contributed by atoms with Gasteiger partial charge < -0.3 is 14.8 Å². The summed E-state index contributed by atoms with van der Waals surface area (Å²) in [7, 11) is 3.09. The molecule has 0 saturated carbocycles. The van der Waals surface area contributed by atoms with Crippen LogP contribution in [0.3, 0.4) is 0 Å². The molecular formula is C17H14ClN3O3S. The molecule has 0 aliphatic rings. The van der Waals surface area contributed by atoms with Crippen LogP contribution in [0.1, 0.15) is 9.67 Å². The van der Waals surface area contributed by atoms with Gasteiger partial charge in [-0.15, -0.1) is 5.10 Å². The van der Waals surface area contributed by atoms with Crippen LogP contribution >= 0.6 is 23.1 Å². The molecule has 1 heterocycles.